The molecular weight excluding hydrogens is 284 g/mol. The Morgan fingerprint density at radius 1 is 1.19 bits per heavy atom. The van der Waals surface area contributed by atoms with E-state index in [9.17, 15) is 0 Å². The molecule has 5 heteroatoms. The van der Waals surface area contributed by atoms with Crippen LogP contribution in [0.1, 0.15) is 24.7 Å². The first-order valence-corrected chi connectivity index (χ1v) is 7.34. The van der Waals surface area contributed by atoms with Crippen molar-refractivity contribution < 1.29 is 9.47 Å². The van der Waals surface area contributed by atoms with Crippen molar-refractivity contribution in [2.24, 2.45) is 0 Å². The van der Waals surface area contributed by atoms with Gasteiger partial charge in [0.15, 0.2) is 0 Å². The summed E-state index contributed by atoms with van der Waals surface area (Å²) in [7, 11) is 3.30. The predicted octanol–water partition coefficient (Wildman–Crippen LogP) is 4.08. The predicted molar refractivity (Wildman–Crippen MR) is 86.7 cm³/mol. The van der Waals surface area contributed by atoms with Crippen molar-refractivity contribution in [3.05, 3.63) is 34.2 Å². The molecule has 0 radical (unpaired) electrons. The number of hydrogen-bond donors (Lipinski definition) is 1. The number of methoxy groups -OCH3 is 2. The van der Waals surface area contributed by atoms with E-state index in [2.05, 4.69) is 16.9 Å². The molecule has 0 aliphatic carbocycles. The van der Waals surface area contributed by atoms with Gasteiger partial charge in [0.25, 0.3) is 0 Å². The lowest BCUT2D eigenvalue weighted by Crippen LogP contribution is -2.02. The summed E-state index contributed by atoms with van der Waals surface area (Å²) >= 11 is 5.39. The molecule has 0 spiro atoms. The molecule has 1 aromatic heterocycles. The molecule has 2 rings (SSSR count). The molecular formula is C16H20N2O2S. The van der Waals surface area contributed by atoms with E-state index in [0.717, 1.165) is 47.0 Å². The largest absolute Gasteiger partial charge is 0.496 e. The van der Waals surface area contributed by atoms with Gasteiger partial charge in [-0.25, -0.2) is 4.98 Å². The van der Waals surface area contributed by atoms with Gasteiger partial charge in [-0.15, -0.1) is 0 Å². The molecule has 1 aromatic carbocycles. The SMILES string of the molecule is CCCc1nc(=S)c(C)c(-c2c(OC)cccc2OC)[nH]1. The van der Waals surface area contributed by atoms with Gasteiger partial charge in [-0.2, -0.15) is 0 Å². The fourth-order valence-electron chi connectivity index (χ4n) is 2.28. The summed E-state index contributed by atoms with van der Waals surface area (Å²) in [6.45, 7) is 4.07. The summed E-state index contributed by atoms with van der Waals surface area (Å²) in [4.78, 5) is 7.82. The van der Waals surface area contributed by atoms with Crippen LogP contribution in [0.25, 0.3) is 11.3 Å². The minimum absolute atomic E-state index is 0.611. The first-order valence-electron chi connectivity index (χ1n) is 6.93. The van der Waals surface area contributed by atoms with Gasteiger partial charge in [0, 0.05) is 12.0 Å². The average molecular weight is 304 g/mol. The molecule has 1 heterocycles. The molecule has 21 heavy (non-hydrogen) atoms. The molecule has 0 aliphatic rings. The zero-order valence-electron chi connectivity index (χ0n) is 12.8. The van der Waals surface area contributed by atoms with Crippen LogP contribution in [0.15, 0.2) is 18.2 Å². The van der Waals surface area contributed by atoms with E-state index in [4.69, 9.17) is 21.7 Å². The fraction of sp³-hybridized carbons (Fsp3) is 0.375. The van der Waals surface area contributed by atoms with Crippen LogP contribution in [0.5, 0.6) is 11.5 Å². The van der Waals surface area contributed by atoms with Gasteiger partial charge in [0.05, 0.1) is 25.5 Å². The maximum absolute atomic E-state index is 5.48. The lowest BCUT2D eigenvalue weighted by atomic mass is 10.1. The number of aryl methyl sites for hydroxylation is 1. The van der Waals surface area contributed by atoms with Gasteiger partial charge >= 0.3 is 0 Å². The zero-order chi connectivity index (χ0) is 15.4. The standard InChI is InChI=1S/C16H20N2O2S/c1-5-7-13-17-15(10(2)16(21)18-13)14-11(19-3)8-6-9-12(14)20-4/h6,8-9H,5,7H2,1-4H3,(H,17,18,21). The second-order valence-electron chi connectivity index (χ2n) is 4.78. The van der Waals surface area contributed by atoms with Crippen LogP contribution in [0.4, 0.5) is 0 Å². The molecule has 0 saturated heterocycles. The first kappa shape index (κ1) is 15.5. The normalized spacial score (nSPS) is 10.5. The van der Waals surface area contributed by atoms with E-state index < -0.39 is 0 Å². The molecule has 0 atom stereocenters. The summed E-state index contributed by atoms with van der Waals surface area (Å²) in [6, 6.07) is 5.72. The quantitative estimate of drug-likeness (QED) is 0.845. The molecule has 1 N–H and O–H groups in total. The molecule has 4 nitrogen and oxygen atoms in total. The van der Waals surface area contributed by atoms with Crippen molar-refractivity contribution in [2.45, 2.75) is 26.7 Å². The maximum Gasteiger partial charge on any atom is 0.133 e. The molecule has 0 saturated carbocycles. The minimum Gasteiger partial charge on any atom is -0.496 e. The highest BCUT2D eigenvalue weighted by Crippen LogP contribution is 2.38. The number of nitrogens with zero attached hydrogens (tertiary/aromatic N) is 1. The molecule has 0 unspecified atom stereocenters. The Labute approximate surface area is 130 Å². The Hall–Kier alpha value is -1.88. The maximum atomic E-state index is 5.48. The summed E-state index contributed by atoms with van der Waals surface area (Å²) in [5.41, 5.74) is 2.71. The second-order valence-corrected chi connectivity index (χ2v) is 5.16. The highest BCUT2D eigenvalue weighted by atomic mass is 32.1. The molecule has 0 aliphatic heterocycles. The molecule has 0 bridgehead atoms. The van der Waals surface area contributed by atoms with E-state index in [1.165, 1.54) is 0 Å². The number of aromatic nitrogens is 2. The van der Waals surface area contributed by atoms with Crippen LogP contribution in [-0.2, 0) is 6.42 Å². The van der Waals surface area contributed by atoms with Crippen LogP contribution in [0.2, 0.25) is 0 Å². The van der Waals surface area contributed by atoms with Crippen molar-refractivity contribution in [3.63, 3.8) is 0 Å². The second kappa shape index (κ2) is 6.72. The van der Waals surface area contributed by atoms with E-state index in [1.807, 2.05) is 25.1 Å². The van der Waals surface area contributed by atoms with Gasteiger partial charge in [0.2, 0.25) is 0 Å². The third-order valence-corrected chi connectivity index (χ3v) is 3.76. The zero-order valence-corrected chi connectivity index (χ0v) is 13.6. The third-order valence-electron chi connectivity index (χ3n) is 3.37. The van der Waals surface area contributed by atoms with Crippen LogP contribution in [0, 0.1) is 11.6 Å². The van der Waals surface area contributed by atoms with E-state index in [1.54, 1.807) is 14.2 Å². The number of H-pyrrole nitrogens is 1. The van der Waals surface area contributed by atoms with Crippen LogP contribution < -0.4 is 9.47 Å². The number of nitrogens with one attached hydrogen (secondary N) is 1. The molecule has 0 amide bonds. The smallest absolute Gasteiger partial charge is 0.133 e. The Morgan fingerprint density at radius 2 is 1.81 bits per heavy atom. The summed E-state index contributed by atoms with van der Waals surface area (Å²) in [5, 5.41) is 0. The van der Waals surface area contributed by atoms with Crippen molar-refractivity contribution in [2.75, 3.05) is 14.2 Å². The molecule has 112 valence electrons. The van der Waals surface area contributed by atoms with Crippen molar-refractivity contribution in [1.82, 2.24) is 9.97 Å². The number of aromatic amines is 1. The monoisotopic (exact) mass is 304 g/mol. The summed E-state index contributed by atoms with van der Waals surface area (Å²) in [6.07, 6.45) is 1.86. The Balaban J connectivity index is 2.74. The van der Waals surface area contributed by atoms with E-state index >= 15 is 0 Å². The Bertz CT molecular complexity index is 673. The number of hydrogen-bond acceptors (Lipinski definition) is 4. The van der Waals surface area contributed by atoms with Gasteiger partial charge in [-0.1, -0.05) is 25.2 Å². The number of benzene rings is 1. The van der Waals surface area contributed by atoms with Crippen LogP contribution in [-0.4, -0.2) is 24.2 Å². The lowest BCUT2D eigenvalue weighted by Gasteiger charge is -2.16. The minimum atomic E-state index is 0.611. The van der Waals surface area contributed by atoms with Gasteiger partial charge in [-0.05, 0) is 25.5 Å². The number of rotatable bonds is 5. The van der Waals surface area contributed by atoms with Crippen molar-refractivity contribution in [1.29, 1.82) is 0 Å². The first-order chi connectivity index (χ1) is 10.1. The summed E-state index contributed by atoms with van der Waals surface area (Å²) < 4.78 is 11.6. The van der Waals surface area contributed by atoms with Crippen molar-refractivity contribution >= 4 is 12.2 Å². The average Bonchev–Trinajstić information content (AvgIpc) is 2.50. The summed E-state index contributed by atoms with van der Waals surface area (Å²) in [5.74, 6) is 2.38. The number of ether oxygens (including phenoxy) is 2. The van der Waals surface area contributed by atoms with E-state index in [0.29, 0.717) is 4.64 Å². The fourth-order valence-corrected chi connectivity index (χ4v) is 2.49. The Morgan fingerprint density at radius 3 is 2.33 bits per heavy atom. The van der Waals surface area contributed by atoms with Gasteiger partial charge in [0.1, 0.15) is 22.0 Å². The van der Waals surface area contributed by atoms with Gasteiger partial charge in [-0.3, -0.25) is 0 Å². The molecule has 2 aromatic rings. The highest BCUT2D eigenvalue weighted by Gasteiger charge is 2.16. The Kier molecular flexibility index (Phi) is 4.96. The third kappa shape index (κ3) is 3.08. The topological polar surface area (TPSA) is 47.1 Å². The van der Waals surface area contributed by atoms with Gasteiger partial charge < -0.3 is 14.5 Å². The van der Waals surface area contributed by atoms with Crippen LogP contribution >= 0.6 is 12.2 Å². The lowest BCUT2D eigenvalue weighted by molar-refractivity contribution is 0.397. The highest BCUT2D eigenvalue weighted by molar-refractivity contribution is 7.71. The molecule has 0 fully saturated rings. The van der Waals surface area contributed by atoms with E-state index in [-0.39, 0.29) is 0 Å². The van der Waals surface area contributed by atoms with Crippen LogP contribution in [0.3, 0.4) is 0 Å². The van der Waals surface area contributed by atoms with Crippen molar-refractivity contribution in [3.8, 4) is 22.8 Å².